The van der Waals surface area contributed by atoms with Crippen LogP contribution >= 0.6 is 0 Å². The van der Waals surface area contributed by atoms with Crippen molar-refractivity contribution in [3.05, 3.63) is 95.1 Å². The molecule has 0 fully saturated rings. The van der Waals surface area contributed by atoms with Gasteiger partial charge in [-0.1, -0.05) is 54.1 Å². The Bertz CT molecular complexity index is 1380. The van der Waals surface area contributed by atoms with Crippen LogP contribution in [-0.2, 0) is 26.2 Å². The van der Waals surface area contributed by atoms with E-state index < -0.39 is 28.5 Å². The molecule has 8 heteroatoms. The average molecular weight is 536 g/mol. The SMILES string of the molecule is Cc1ccc(S(=O)(=O)N(CC(=O)N(Cc2ccccc2C)[C@H](C)C(=O)NC(C)C)c2cccc(C)c2)cc1. The molecule has 38 heavy (non-hydrogen) atoms. The second kappa shape index (κ2) is 12.3. The smallest absolute Gasteiger partial charge is 0.264 e. The number of benzene rings is 3. The highest BCUT2D eigenvalue weighted by atomic mass is 32.2. The van der Waals surface area contributed by atoms with Crippen LogP contribution in [0.3, 0.4) is 0 Å². The van der Waals surface area contributed by atoms with Gasteiger partial charge in [0.2, 0.25) is 11.8 Å². The first-order valence-electron chi connectivity index (χ1n) is 12.7. The third kappa shape index (κ3) is 7.01. The molecule has 0 saturated carbocycles. The number of nitrogens with zero attached hydrogens (tertiary/aromatic N) is 2. The van der Waals surface area contributed by atoms with Crippen LogP contribution in [0.1, 0.15) is 43.0 Å². The first-order valence-corrected chi connectivity index (χ1v) is 14.1. The van der Waals surface area contributed by atoms with Gasteiger partial charge < -0.3 is 10.2 Å². The molecule has 3 rings (SSSR count). The number of hydrogen-bond acceptors (Lipinski definition) is 4. The largest absolute Gasteiger partial charge is 0.352 e. The van der Waals surface area contributed by atoms with Crippen LogP contribution in [0.25, 0.3) is 0 Å². The second-order valence-corrected chi connectivity index (χ2v) is 11.8. The fraction of sp³-hybridized carbons (Fsp3) is 0.333. The van der Waals surface area contributed by atoms with E-state index in [1.54, 1.807) is 49.4 Å². The molecule has 0 aliphatic rings. The number of hydrogen-bond donors (Lipinski definition) is 1. The van der Waals surface area contributed by atoms with Crippen molar-refractivity contribution in [2.75, 3.05) is 10.8 Å². The van der Waals surface area contributed by atoms with Gasteiger partial charge in [-0.3, -0.25) is 13.9 Å². The predicted octanol–water partition coefficient (Wildman–Crippen LogP) is 4.75. The molecule has 2 amide bonds. The highest BCUT2D eigenvalue weighted by Gasteiger charge is 2.32. The zero-order valence-electron chi connectivity index (χ0n) is 22.9. The van der Waals surface area contributed by atoms with Crippen LogP contribution in [-0.4, -0.2) is 43.8 Å². The maximum Gasteiger partial charge on any atom is 0.264 e. The van der Waals surface area contributed by atoms with Gasteiger partial charge in [0.15, 0.2) is 0 Å². The topological polar surface area (TPSA) is 86.8 Å². The summed E-state index contributed by atoms with van der Waals surface area (Å²) in [4.78, 5) is 28.5. The van der Waals surface area contributed by atoms with Crippen molar-refractivity contribution in [3.8, 4) is 0 Å². The third-order valence-electron chi connectivity index (χ3n) is 6.38. The van der Waals surface area contributed by atoms with E-state index in [0.29, 0.717) is 5.69 Å². The number of carbonyl (C=O) groups is 2. The first kappa shape index (κ1) is 28.9. The number of rotatable bonds is 10. The van der Waals surface area contributed by atoms with E-state index in [-0.39, 0.29) is 23.4 Å². The number of sulfonamides is 1. The summed E-state index contributed by atoms with van der Waals surface area (Å²) < 4.78 is 28.8. The van der Waals surface area contributed by atoms with Gasteiger partial charge in [-0.25, -0.2) is 8.42 Å². The van der Waals surface area contributed by atoms with Crippen LogP contribution in [0.15, 0.2) is 77.7 Å². The van der Waals surface area contributed by atoms with Crippen LogP contribution in [0, 0.1) is 20.8 Å². The van der Waals surface area contributed by atoms with E-state index in [2.05, 4.69) is 5.32 Å². The minimum atomic E-state index is -4.08. The Labute approximate surface area is 226 Å². The lowest BCUT2D eigenvalue weighted by molar-refractivity contribution is -0.139. The van der Waals surface area contributed by atoms with Crippen molar-refractivity contribution < 1.29 is 18.0 Å². The van der Waals surface area contributed by atoms with Gasteiger partial charge in [0.25, 0.3) is 10.0 Å². The minimum Gasteiger partial charge on any atom is -0.352 e. The summed E-state index contributed by atoms with van der Waals surface area (Å²) in [5.74, 6) is -0.776. The monoisotopic (exact) mass is 535 g/mol. The summed E-state index contributed by atoms with van der Waals surface area (Å²) in [6.45, 7) is 10.8. The Balaban J connectivity index is 2.04. The van der Waals surface area contributed by atoms with Crippen molar-refractivity contribution in [2.24, 2.45) is 0 Å². The average Bonchev–Trinajstić information content (AvgIpc) is 2.86. The molecule has 0 unspecified atom stereocenters. The standard InChI is InChI=1S/C30H37N3O4S/c1-21(2)31-30(35)25(6)32(19-26-12-8-7-11-24(26)5)29(34)20-33(27-13-9-10-23(4)18-27)38(36,37)28-16-14-22(3)15-17-28/h7-18,21,25H,19-20H2,1-6H3,(H,31,35)/t25-/m1/s1. The molecule has 0 aromatic heterocycles. The lowest BCUT2D eigenvalue weighted by Gasteiger charge is -2.32. The lowest BCUT2D eigenvalue weighted by atomic mass is 10.1. The number of nitrogens with one attached hydrogen (secondary N) is 1. The van der Waals surface area contributed by atoms with Crippen molar-refractivity contribution in [2.45, 2.75) is 65.1 Å². The van der Waals surface area contributed by atoms with E-state index in [4.69, 9.17) is 0 Å². The van der Waals surface area contributed by atoms with Gasteiger partial charge in [0, 0.05) is 12.6 Å². The zero-order chi connectivity index (χ0) is 28.0. The normalized spacial score (nSPS) is 12.2. The van der Waals surface area contributed by atoms with E-state index in [9.17, 15) is 18.0 Å². The van der Waals surface area contributed by atoms with Gasteiger partial charge >= 0.3 is 0 Å². The second-order valence-electron chi connectivity index (χ2n) is 9.95. The Kier molecular flexibility index (Phi) is 9.33. The number of anilines is 1. The fourth-order valence-corrected chi connectivity index (χ4v) is 5.51. The summed E-state index contributed by atoms with van der Waals surface area (Å²) in [5.41, 5.74) is 4.03. The van der Waals surface area contributed by atoms with E-state index in [1.165, 1.54) is 4.90 Å². The van der Waals surface area contributed by atoms with Crippen molar-refractivity contribution in [1.82, 2.24) is 10.2 Å². The van der Waals surface area contributed by atoms with E-state index >= 15 is 0 Å². The van der Waals surface area contributed by atoms with Gasteiger partial charge in [-0.15, -0.1) is 0 Å². The maximum absolute atomic E-state index is 13.9. The van der Waals surface area contributed by atoms with Crippen molar-refractivity contribution in [3.63, 3.8) is 0 Å². The predicted molar refractivity (Wildman–Crippen MR) is 151 cm³/mol. The van der Waals surface area contributed by atoms with Crippen molar-refractivity contribution >= 4 is 27.5 Å². The van der Waals surface area contributed by atoms with Crippen LogP contribution < -0.4 is 9.62 Å². The molecule has 7 nitrogen and oxygen atoms in total. The van der Waals surface area contributed by atoms with E-state index in [0.717, 1.165) is 26.6 Å². The molecule has 3 aromatic carbocycles. The minimum absolute atomic E-state index is 0.0912. The molecule has 0 heterocycles. The van der Waals surface area contributed by atoms with Crippen LogP contribution in [0.5, 0.6) is 0 Å². The summed E-state index contributed by atoms with van der Waals surface area (Å²) in [6, 6.07) is 20.3. The molecule has 0 saturated heterocycles. The van der Waals surface area contributed by atoms with Gasteiger partial charge in [0.1, 0.15) is 12.6 Å². The molecule has 0 aliphatic heterocycles. The Morgan fingerprint density at radius 1 is 0.842 bits per heavy atom. The van der Waals surface area contributed by atoms with Crippen LogP contribution in [0.2, 0.25) is 0 Å². The molecule has 0 bridgehead atoms. The number of amides is 2. The first-order chi connectivity index (χ1) is 17.9. The van der Waals surface area contributed by atoms with Gasteiger partial charge in [0.05, 0.1) is 10.6 Å². The lowest BCUT2D eigenvalue weighted by Crippen LogP contribution is -2.52. The zero-order valence-corrected chi connectivity index (χ0v) is 23.7. The summed E-state index contributed by atoms with van der Waals surface area (Å²) in [5, 5.41) is 2.87. The molecule has 1 atom stereocenters. The highest BCUT2D eigenvalue weighted by Crippen LogP contribution is 2.26. The molecule has 0 aliphatic carbocycles. The summed E-state index contributed by atoms with van der Waals surface area (Å²) >= 11 is 0. The van der Waals surface area contributed by atoms with Crippen LogP contribution in [0.4, 0.5) is 5.69 Å². The molecule has 0 radical (unpaired) electrons. The maximum atomic E-state index is 13.9. The third-order valence-corrected chi connectivity index (χ3v) is 8.17. The van der Waals surface area contributed by atoms with E-state index in [1.807, 2.05) is 65.0 Å². The summed E-state index contributed by atoms with van der Waals surface area (Å²) in [7, 11) is -4.08. The highest BCUT2D eigenvalue weighted by molar-refractivity contribution is 7.92. The van der Waals surface area contributed by atoms with Gasteiger partial charge in [-0.05, 0) is 82.5 Å². The Morgan fingerprint density at radius 2 is 1.50 bits per heavy atom. The Morgan fingerprint density at radius 3 is 2.11 bits per heavy atom. The summed E-state index contributed by atoms with van der Waals surface area (Å²) in [6.07, 6.45) is 0. The molecular formula is C30H37N3O4S. The van der Waals surface area contributed by atoms with Gasteiger partial charge in [-0.2, -0.15) is 0 Å². The molecule has 202 valence electrons. The molecule has 3 aromatic rings. The molecule has 1 N–H and O–H groups in total. The Hall–Kier alpha value is -3.65. The molecular weight excluding hydrogens is 498 g/mol. The fourth-order valence-electron chi connectivity index (χ4n) is 4.11. The quantitative estimate of drug-likeness (QED) is 0.406. The number of carbonyl (C=O) groups excluding carboxylic acids is 2. The number of aryl methyl sites for hydroxylation is 3. The molecule has 0 spiro atoms. The van der Waals surface area contributed by atoms with Crippen molar-refractivity contribution in [1.29, 1.82) is 0 Å².